The predicted molar refractivity (Wildman–Crippen MR) is 175 cm³/mol. The maximum Gasteiger partial charge on any atom is 0.212 e. The molecule has 0 spiro atoms. The molecule has 4 rings (SSSR count). The quantitative estimate of drug-likeness (QED) is 0.0803. The number of nitrogens with zero attached hydrogens (tertiary/aromatic N) is 1. The number of nitrogens with one attached hydrogen (secondary N) is 1. The van der Waals surface area contributed by atoms with Crippen molar-refractivity contribution in [2.75, 3.05) is 18.5 Å². The number of phenols is 2. The Balaban J connectivity index is 1.39. The molecule has 44 heavy (non-hydrogen) atoms. The summed E-state index contributed by atoms with van der Waals surface area (Å²) < 4.78 is 11.6. The molecule has 8 nitrogen and oxygen atoms in total. The van der Waals surface area contributed by atoms with E-state index in [9.17, 15) is 19.8 Å². The number of Topliss-reactive ketones (excluding diaryl/α,β-unsaturated/α-hetero) is 2. The Morgan fingerprint density at radius 1 is 0.727 bits per heavy atom. The molecule has 0 saturated heterocycles. The van der Waals surface area contributed by atoms with Gasteiger partial charge in [-0.05, 0) is 61.4 Å². The summed E-state index contributed by atoms with van der Waals surface area (Å²) in [5.41, 5.74) is 0.786. The number of unbranched alkanes of at least 4 members (excludes halogenated alkanes) is 8. The van der Waals surface area contributed by atoms with Gasteiger partial charge in [0, 0.05) is 11.8 Å². The van der Waals surface area contributed by atoms with E-state index in [2.05, 4.69) is 24.2 Å². The third kappa shape index (κ3) is 8.85. The highest BCUT2D eigenvalue weighted by Gasteiger charge is 2.35. The maximum absolute atomic E-state index is 13.3. The summed E-state index contributed by atoms with van der Waals surface area (Å²) in [6, 6.07) is 15.4. The van der Waals surface area contributed by atoms with Crippen molar-refractivity contribution in [3.63, 3.8) is 0 Å². The largest absolute Gasteiger partial charge is 0.507 e. The Labute approximate surface area is 260 Å². The summed E-state index contributed by atoms with van der Waals surface area (Å²) in [4.78, 5) is 30.8. The molecule has 234 valence electrons. The molecule has 0 bridgehead atoms. The summed E-state index contributed by atoms with van der Waals surface area (Å²) in [5, 5.41) is 24.8. The lowest BCUT2D eigenvalue weighted by atomic mass is 9.86. The molecule has 0 aromatic heterocycles. The number of phenolic OH excluding ortho intramolecular Hbond substituents is 2. The van der Waals surface area contributed by atoms with Crippen LogP contribution in [-0.4, -0.2) is 40.7 Å². The lowest BCUT2D eigenvalue weighted by Crippen LogP contribution is -2.27. The standard InChI is InChI=1S/C36H44N2O6/c1-3-5-7-9-11-21-43-27-17-13-25(14-18-27)37-29-23-31(39)34-33(35(29)41)32(40)24-30(36(34)42)38-26-15-19-28(20-16-26)44-22-12-10-8-6-4-2/h13-20,23,37,39,41H,3-12,21-22,24H2,1-2H3. The van der Waals surface area contributed by atoms with Crippen molar-refractivity contribution >= 4 is 34.3 Å². The van der Waals surface area contributed by atoms with Gasteiger partial charge in [-0.3, -0.25) is 9.59 Å². The highest BCUT2D eigenvalue weighted by molar-refractivity contribution is 6.54. The zero-order chi connectivity index (χ0) is 31.3. The van der Waals surface area contributed by atoms with E-state index in [1.54, 1.807) is 36.4 Å². The average Bonchev–Trinajstić information content (AvgIpc) is 3.02. The lowest BCUT2D eigenvalue weighted by Gasteiger charge is -2.20. The number of anilines is 2. The van der Waals surface area contributed by atoms with Crippen LogP contribution in [0.2, 0.25) is 0 Å². The Morgan fingerprint density at radius 2 is 1.27 bits per heavy atom. The predicted octanol–water partition coefficient (Wildman–Crippen LogP) is 9.08. The SMILES string of the molecule is CCCCCCCOc1ccc(N=C2CC(=O)c3c(O)c(Nc4ccc(OCCCCCCC)cc4)cc(O)c3C2=O)cc1. The van der Waals surface area contributed by atoms with Gasteiger partial charge in [0.15, 0.2) is 11.5 Å². The summed E-state index contributed by atoms with van der Waals surface area (Å²) >= 11 is 0. The molecule has 3 aromatic rings. The van der Waals surface area contributed by atoms with Crippen molar-refractivity contribution in [1.29, 1.82) is 0 Å². The van der Waals surface area contributed by atoms with Crippen LogP contribution in [0.5, 0.6) is 23.0 Å². The molecule has 0 unspecified atom stereocenters. The third-order valence-corrected chi connectivity index (χ3v) is 7.64. The molecule has 1 aliphatic rings. The minimum Gasteiger partial charge on any atom is -0.507 e. The van der Waals surface area contributed by atoms with Crippen LogP contribution in [-0.2, 0) is 0 Å². The monoisotopic (exact) mass is 600 g/mol. The van der Waals surface area contributed by atoms with Crippen LogP contribution in [0.1, 0.15) is 105 Å². The molecular formula is C36H44N2O6. The Hall–Kier alpha value is -4.33. The summed E-state index contributed by atoms with van der Waals surface area (Å²) in [7, 11) is 0. The van der Waals surface area contributed by atoms with Crippen molar-refractivity contribution < 1.29 is 29.3 Å². The van der Waals surface area contributed by atoms with E-state index in [0.717, 1.165) is 31.4 Å². The number of hydrogen-bond donors (Lipinski definition) is 3. The van der Waals surface area contributed by atoms with Crippen LogP contribution in [0.4, 0.5) is 17.1 Å². The molecule has 0 saturated carbocycles. The minimum absolute atomic E-state index is 0.00320. The number of carbonyl (C=O) groups is 2. The number of rotatable bonds is 17. The number of fused-ring (bicyclic) bond motifs is 1. The zero-order valence-corrected chi connectivity index (χ0v) is 25.9. The van der Waals surface area contributed by atoms with E-state index in [1.165, 1.54) is 44.6 Å². The van der Waals surface area contributed by atoms with Crippen LogP contribution in [0.25, 0.3) is 0 Å². The van der Waals surface area contributed by atoms with Crippen LogP contribution in [0, 0.1) is 0 Å². The molecule has 1 aliphatic carbocycles. The molecule has 0 aliphatic heterocycles. The molecule has 8 heteroatoms. The number of aromatic hydroxyl groups is 2. The van der Waals surface area contributed by atoms with E-state index in [0.29, 0.717) is 30.3 Å². The topological polar surface area (TPSA) is 117 Å². The molecule has 0 radical (unpaired) electrons. The summed E-state index contributed by atoms with van der Waals surface area (Å²) in [5.74, 6) is -0.446. The zero-order valence-electron chi connectivity index (χ0n) is 25.9. The molecule has 0 atom stereocenters. The van der Waals surface area contributed by atoms with Crippen LogP contribution in [0.3, 0.4) is 0 Å². The van der Waals surface area contributed by atoms with Crippen molar-refractivity contribution in [2.24, 2.45) is 4.99 Å². The number of benzene rings is 3. The van der Waals surface area contributed by atoms with E-state index in [1.807, 2.05) is 12.1 Å². The van der Waals surface area contributed by atoms with Crippen LogP contribution >= 0.6 is 0 Å². The first-order valence-electron chi connectivity index (χ1n) is 15.9. The van der Waals surface area contributed by atoms with Gasteiger partial charge in [0.05, 0.1) is 47.8 Å². The first-order valence-corrected chi connectivity index (χ1v) is 15.9. The summed E-state index contributed by atoms with van der Waals surface area (Å²) in [6.45, 7) is 5.66. The molecule has 0 heterocycles. The number of hydrogen-bond acceptors (Lipinski definition) is 8. The molecule has 3 N–H and O–H groups in total. The van der Waals surface area contributed by atoms with E-state index in [-0.39, 0.29) is 34.7 Å². The first-order chi connectivity index (χ1) is 21.4. The molecule has 0 fully saturated rings. The second-order valence-electron chi connectivity index (χ2n) is 11.2. The van der Waals surface area contributed by atoms with Crippen molar-refractivity contribution in [3.8, 4) is 23.0 Å². The fraction of sp³-hybridized carbons (Fsp3) is 0.417. The fourth-order valence-corrected chi connectivity index (χ4v) is 5.16. The molecular weight excluding hydrogens is 556 g/mol. The van der Waals surface area contributed by atoms with E-state index >= 15 is 0 Å². The van der Waals surface area contributed by atoms with Crippen LogP contribution in [0.15, 0.2) is 59.6 Å². The fourth-order valence-electron chi connectivity index (χ4n) is 5.16. The van der Waals surface area contributed by atoms with Gasteiger partial charge in [-0.1, -0.05) is 65.2 Å². The number of ketones is 2. The van der Waals surface area contributed by atoms with Gasteiger partial charge in [-0.2, -0.15) is 0 Å². The number of carbonyl (C=O) groups excluding carboxylic acids is 2. The summed E-state index contributed by atoms with van der Waals surface area (Å²) in [6.07, 6.45) is 11.3. The molecule has 0 amide bonds. The number of aliphatic imine (C=N–C) groups is 1. The second-order valence-corrected chi connectivity index (χ2v) is 11.2. The van der Waals surface area contributed by atoms with Gasteiger partial charge in [-0.25, -0.2) is 4.99 Å². The number of ether oxygens (including phenoxy) is 2. The highest BCUT2D eigenvalue weighted by Crippen LogP contribution is 2.41. The smallest absolute Gasteiger partial charge is 0.212 e. The second kappa shape index (κ2) is 16.5. The van der Waals surface area contributed by atoms with Crippen molar-refractivity contribution in [2.45, 2.75) is 84.5 Å². The minimum atomic E-state index is -0.595. The van der Waals surface area contributed by atoms with Crippen molar-refractivity contribution in [1.82, 2.24) is 0 Å². The lowest BCUT2D eigenvalue weighted by molar-refractivity contribution is 0.0960. The van der Waals surface area contributed by atoms with Gasteiger partial charge in [0.25, 0.3) is 0 Å². The average molecular weight is 601 g/mol. The normalized spacial score (nSPS) is 13.6. The maximum atomic E-state index is 13.3. The third-order valence-electron chi connectivity index (χ3n) is 7.64. The Bertz CT molecular complexity index is 1430. The molecule has 3 aromatic carbocycles. The first kappa shape index (κ1) is 32.6. The highest BCUT2D eigenvalue weighted by atomic mass is 16.5. The van der Waals surface area contributed by atoms with Gasteiger partial charge in [-0.15, -0.1) is 0 Å². The van der Waals surface area contributed by atoms with E-state index < -0.39 is 17.3 Å². The van der Waals surface area contributed by atoms with E-state index in [4.69, 9.17) is 9.47 Å². The Morgan fingerprint density at radius 3 is 1.84 bits per heavy atom. The van der Waals surface area contributed by atoms with Crippen molar-refractivity contribution in [3.05, 3.63) is 65.7 Å². The van der Waals surface area contributed by atoms with Gasteiger partial charge < -0.3 is 25.0 Å². The Kier molecular flexibility index (Phi) is 12.2. The van der Waals surface area contributed by atoms with Crippen LogP contribution < -0.4 is 14.8 Å². The van der Waals surface area contributed by atoms with Gasteiger partial charge >= 0.3 is 0 Å². The van der Waals surface area contributed by atoms with Gasteiger partial charge in [0.2, 0.25) is 5.78 Å². The van der Waals surface area contributed by atoms with Gasteiger partial charge in [0.1, 0.15) is 17.2 Å².